The van der Waals surface area contributed by atoms with Crippen LogP contribution in [0.4, 0.5) is 5.69 Å². The number of hydrogen-bond donors (Lipinski definition) is 2. The molecule has 0 unspecified atom stereocenters. The summed E-state index contributed by atoms with van der Waals surface area (Å²) in [6.07, 6.45) is 2.22. The molecule has 8 heteroatoms. The van der Waals surface area contributed by atoms with Gasteiger partial charge in [-0.1, -0.05) is 18.2 Å². The molecule has 170 valence electrons. The molecular weight excluding hydrogens is 416 g/mol. The van der Waals surface area contributed by atoms with Gasteiger partial charge < -0.3 is 19.9 Å². The summed E-state index contributed by atoms with van der Waals surface area (Å²) in [5.74, 6) is 1.12. The molecular formula is C25H28N6O2. The number of benzene rings is 2. The zero-order chi connectivity index (χ0) is 22.9. The number of likely N-dealkylation sites (tertiary alicyclic amines) is 1. The minimum absolute atomic E-state index is 0.241. The van der Waals surface area contributed by atoms with Gasteiger partial charge in [-0.25, -0.2) is 9.67 Å². The van der Waals surface area contributed by atoms with Gasteiger partial charge in [0.05, 0.1) is 24.1 Å². The lowest BCUT2D eigenvalue weighted by Crippen LogP contribution is -2.36. The van der Waals surface area contributed by atoms with E-state index in [0.29, 0.717) is 34.3 Å². The Bertz CT molecular complexity index is 1340. The predicted molar refractivity (Wildman–Crippen MR) is 130 cm³/mol. The van der Waals surface area contributed by atoms with Crippen molar-refractivity contribution in [2.24, 2.45) is 0 Å². The van der Waals surface area contributed by atoms with Gasteiger partial charge in [0.25, 0.3) is 5.56 Å². The average Bonchev–Trinajstić information content (AvgIpc) is 3.18. The van der Waals surface area contributed by atoms with E-state index in [0.717, 1.165) is 42.9 Å². The molecule has 1 aliphatic heterocycles. The zero-order valence-corrected chi connectivity index (χ0v) is 19.1. The second kappa shape index (κ2) is 8.71. The Kier molecular flexibility index (Phi) is 5.60. The van der Waals surface area contributed by atoms with Gasteiger partial charge in [0.2, 0.25) is 0 Å². The molecule has 5 rings (SSSR count). The number of piperidine rings is 1. The molecule has 4 aromatic rings. The highest BCUT2D eigenvalue weighted by Gasteiger charge is 2.19. The molecule has 1 fully saturated rings. The van der Waals surface area contributed by atoms with E-state index in [1.165, 1.54) is 0 Å². The number of rotatable bonds is 5. The van der Waals surface area contributed by atoms with Crippen molar-refractivity contribution >= 4 is 16.7 Å². The van der Waals surface area contributed by atoms with Crippen molar-refractivity contribution in [2.45, 2.75) is 25.8 Å². The second-order valence-corrected chi connectivity index (χ2v) is 8.58. The van der Waals surface area contributed by atoms with E-state index in [4.69, 9.17) is 9.72 Å². The number of H-pyrrole nitrogens is 1. The smallest absolute Gasteiger partial charge is 0.277 e. The molecule has 0 amide bonds. The molecule has 33 heavy (non-hydrogen) atoms. The maximum Gasteiger partial charge on any atom is 0.277 e. The van der Waals surface area contributed by atoms with Crippen LogP contribution in [0, 0.1) is 6.92 Å². The topological polar surface area (TPSA) is 88.1 Å². The van der Waals surface area contributed by atoms with E-state index in [9.17, 15) is 4.79 Å². The van der Waals surface area contributed by atoms with Crippen molar-refractivity contribution in [3.05, 3.63) is 64.6 Å². The van der Waals surface area contributed by atoms with Crippen molar-refractivity contribution in [3.8, 4) is 22.8 Å². The monoisotopic (exact) mass is 444 g/mol. The Labute approximate surface area is 192 Å². The minimum atomic E-state index is -0.241. The van der Waals surface area contributed by atoms with E-state index < -0.39 is 0 Å². The Morgan fingerprint density at radius 1 is 1.12 bits per heavy atom. The van der Waals surface area contributed by atoms with Gasteiger partial charge in [0, 0.05) is 17.8 Å². The van der Waals surface area contributed by atoms with Crippen LogP contribution in [0.1, 0.15) is 18.5 Å². The van der Waals surface area contributed by atoms with E-state index in [2.05, 4.69) is 27.3 Å². The standard InChI is InChI=1S/C25H28N6O2/c1-16-22-23(31(29-16)19-7-5-4-6-8-19)25(32)28-24(27-22)20-10-9-18(15-21(20)33-3)26-17-11-13-30(2)14-12-17/h4-10,15,17,26H,11-14H2,1-3H3,(H,27,28,32). The Morgan fingerprint density at radius 2 is 1.88 bits per heavy atom. The van der Waals surface area contributed by atoms with Crippen LogP contribution in [0.15, 0.2) is 53.3 Å². The molecule has 1 saturated heterocycles. The largest absolute Gasteiger partial charge is 0.496 e. The van der Waals surface area contributed by atoms with Gasteiger partial charge in [-0.15, -0.1) is 0 Å². The molecule has 1 aliphatic rings. The maximum atomic E-state index is 13.1. The first-order valence-electron chi connectivity index (χ1n) is 11.2. The van der Waals surface area contributed by atoms with Crippen molar-refractivity contribution in [2.75, 3.05) is 32.6 Å². The van der Waals surface area contributed by atoms with E-state index in [1.54, 1.807) is 11.8 Å². The summed E-state index contributed by atoms with van der Waals surface area (Å²) in [5, 5.41) is 8.19. The molecule has 2 aromatic heterocycles. The quantitative estimate of drug-likeness (QED) is 0.489. The third kappa shape index (κ3) is 4.09. The summed E-state index contributed by atoms with van der Waals surface area (Å²) in [4.78, 5) is 23.2. The SMILES string of the molecule is COc1cc(NC2CCN(C)CC2)ccc1-c1nc2c(C)nn(-c3ccccc3)c2c(=O)[nH]1. The lowest BCUT2D eigenvalue weighted by Gasteiger charge is -2.30. The maximum absolute atomic E-state index is 13.1. The summed E-state index contributed by atoms with van der Waals surface area (Å²) in [7, 11) is 3.79. The van der Waals surface area contributed by atoms with Crippen LogP contribution in [0.2, 0.25) is 0 Å². The number of nitrogens with zero attached hydrogens (tertiary/aromatic N) is 4. The van der Waals surface area contributed by atoms with Gasteiger partial charge in [-0.2, -0.15) is 5.10 Å². The lowest BCUT2D eigenvalue weighted by molar-refractivity contribution is 0.264. The Morgan fingerprint density at radius 3 is 2.61 bits per heavy atom. The van der Waals surface area contributed by atoms with E-state index in [1.807, 2.05) is 55.5 Å². The number of para-hydroxylation sites is 1. The highest BCUT2D eigenvalue weighted by atomic mass is 16.5. The number of ether oxygens (including phenoxy) is 1. The number of fused-ring (bicyclic) bond motifs is 1. The fourth-order valence-electron chi connectivity index (χ4n) is 4.41. The summed E-state index contributed by atoms with van der Waals surface area (Å²) >= 11 is 0. The molecule has 0 radical (unpaired) electrons. The zero-order valence-electron chi connectivity index (χ0n) is 19.1. The second-order valence-electron chi connectivity index (χ2n) is 8.58. The van der Waals surface area contributed by atoms with Gasteiger partial charge >= 0.3 is 0 Å². The number of anilines is 1. The van der Waals surface area contributed by atoms with Crippen molar-refractivity contribution in [1.82, 2.24) is 24.6 Å². The van der Waals surface area contributed by atoms with Crippen LogP contribution in [0.25, 0.3) is 28.1 Å². The fourth-order valence-corrected chi connectivity index (χ4v) is 4.41. The summed E-state index contributed by atoms with van der Waals surface area (Å²) in [5.41, 5.74) is 4.02. The number of aromatic nitrogens is 4. The van der Waals surface area contributed by atoms with E-state index in [-0.39, 0.29) is 5.56 Å². The fraction of sp³-hybridized carbons (Fsp3) is 0.320. The van der Waals surface area contributed by atoms with Crippen LogP contribution >= 0.6 is 0 Å². The first-order chi connectivity index (χ1) is 16.0. The third-order valence-corrected chi connectivity index (χ3v) is 6.25. The summed E-state index contributed by atoms with van der Waals surface area (Å²) in [6.45, 7) is 4.05. The molecule has 2 N–H and O–H groups in total. The van der Waals surface area contributed by atoms with Crippen LogP contribution < -0.4 is 15.6 Å². The van der Waals surface area contributed by atoms with Gasteiger partial charge in [-0.3, -0.25) is 4.79 Å². The molecule has 0 spiro atoms. The summed E-state index contributed by atoms with van der Waals surface area (Å²) < 4.78 is 7.32. The van der Waals surface area contributed by atoms with Gasteiger partial charge in [0.1, 0.15) is 17.1 Å². The molecule has 2 aromatic carbocycles. The normalized spacial score (nSPS) is 15.1. The van der Waals surface area contributed by atoms with Crippen molar-refractivity contribution in [3.63, 3.8) is 0 Å². The van der Waals surface area contributed by atoms with E-state index >= 15 is 0 Å². The number of aryl methyl sites for hydroxylation is 1. The first kappa shape index (κ1) is 21.2. The molecule has 0 bridgehead atoms. The van der Waals surface area contributed by atoms with Crippen molar-refractivity contribution < 1.29 is 4.74 Å². The highest BCUT2D eigenvalue weighted by molar-refractivity contribution is 5.81. The molecule has 0 atom stereocenters. The first-order valence-corrected chi connectivity index (χ1v) is 11.2. The summed E-state index contributed by atoms with van der Waals surface area (Å²) in [6, 6.07) is 16.0. The minimum Gasteiger partial charge on any atom is -0.496 e. The molecule has 3 heterocycles. The molecule has 0 aliphatic carbocycles. The van der Waals surface area contributed by atoms with Crippen molar-refractivity contribution in [1.29, 1.82) is 0 Å². The number of nitrogens with one attached hydrogen (secondary N) is 2. The molecule has 8 nitrogen and oxygen atoms in total. The lowest BCUT2D eigenvalue weighted by atomic mass is 10.0. The molecule has 0 saturated carbocycles. The Balaban J connectivity index is 1.51. The average molecular weight is 445 g/mol. The number of hydrogen-bond acceptors (Lipinski definition) is 6. The van der Waals surface area contributed by atoms with Gasteiger partial charge in [0.15, 0.2) is 5.52 Å². The van der Waals surface area contributed by atoms with Crippen LogP contribution in [-0.2, 0) is 0 Å². The predicted octanol–water partition coefficient (Wildman–Crippen LogP) is 3.60. The van der Waals surface area contributed by atoms with Crippen LogP contribution in [0.3, 0.4) is 0 Å². The Hall–Kier alpha value is -3.65. The third-order valence-electron chi connectivity index (χ3n) is 6.25. The highest BCUT2D eigenvalue weighted by Crippen LogP contribution is 2.32. The number of methoxy groups -OCH3 is 1. The van der Waals surface area contributed by atoms with Crippen LogP contribution in [-0.4, -0.2) is 57.9 Å². The number of aromatic amines is 1. The van der Waals surface area contributed by atoms with Gasteiger partial charge in [-0.05, 0) is 64.2 Å². The van der Waals surface area contributed by atoms with Crippen LogP contribution in [0.5, 0.6) is 5.75 Å².